The Labute approximate surface area is 80.8 Å². The molecule has 0 unspecified atom stereocenters. The summed E-state index contributed by atoms with van der Waals surface area (Å²) in [5.74, 6) is -0.328. The van der Waals surface area contributed by atoms with E-state index in [0.29, 0.717) is 12.2 Å². The van der Waals surface area contributed by atoms with Crippen LogP contribution in [0.15, 0.2) is 18.3 Å². The monoisotopic (exact) mass is 200 g/mol. The number of nitrogens with one attached hydrogen (secondary N) is 1. The quantitative estimate of drug-likeness (QED) is 0.593. The predicted octanol–water partition coefficient (Wildman–Crippen LogP) is 1.42. The van der Waals surface area contributed by atoms with E-state index in [0.717, 1.165) is 0 Å². The highest BCUT2D eigenvalue weighted by Gasteiger charge is 2.04. The topological polar surface area (TPSA) is 51.2 Å². The maximum Gasteiger partial charge on any atom is 0.275 e. The molecule has 0 bridgehead atoms. The highest BCUT2D eigenvalue weighted by molar-refractivity contribution is 6.29. The minimum atomic E-state index is -0.328. The predicted molar refractivity (Wildman–Crippen MR) is 48.3 cm³/mol. The Kier molecular flexibility index (Phi) is 3.67. The summed E-state index contributed by atoms with van der Waals surface area (Å²) in [5.41, 5.74) is 2.67. The summed E-state index contributed by atoms with van der Waals surface area (Å²) < 4.78 is 0. The van der Waals surface area contributed by atoms with Crippen LogP contribution in [0.3, 0.4) is 0 Å². The molecule has 1 aromatic rings. The van der Waals surface area contributed by atoms with Gasteiger partial charge in [-0.15, -0.1) is 0 Å². The van der Waals surface area contributed by atoms with Crippen LogP contribution < -0.4 is 5.48 Å². The first kappa shape index (κ1) is 9.95. The number of rotatable bonds is 3. The molecule has 0 radical (unpaired) electrons. The van der Waals surface area contributed by atoms with Gasteiger partial charge >= 0.3 is 0 Å². The van der Waals surface area contributed by atoms with Gasteiger partial charge in [0, 0.05) is 11.8 Å². The Bertz CT molecular complexity index is 304. The van der Waals surface area contributed by atoms with Crippen LogP contribution in [0, 0.1) is 0 Å². The van der Waals surface area contributed by atoms with Crippen molar-refractivity contribution in [2.45, 2.75) is 6.92 Å². The molecule has 4 nitrogen and oxygen atoms in total. The second kappa shape index (κ2) is 4.79. The van der Waals surface area contributed by atoms with Crippen LogP contribution in [0.1, 0.15) is 17.3 Å². The van der Waals surface area contributed by atoms with Gasteiger partial charge in [-0.25, -0.2) is 10.5 Å². The third kappa shape index (κ3) is 3.01. The van der Waals surface area contributed by atoms with Crippen molar-refractivity contribution in [3.05, 3.63) is 29.0 Å². The zero-order valence-electron chi connectivity index (χ0n) is 7.08. The van der Waals surface area contributed by atoms with Crippen LogP contribution in [0.25, 0.3) is 0 Å². The molecule has 70 valence electrons. The van der Waals surface area contributed by atoms with Crippen LogP contribution in [0.5, 0.6) is 0 Å². The smallest absolute Gasteiger partial charge is 0.274 e. The summed E-state index contributed by atoms with van der Waals surface area (Å²) >= 11 is 5.59. The van der Waals surface area contributed by atoms with Gasteiger partial charge in [0.2, 0.25) is 0 Å². The SMILES string of the molecule is CCONC(=O)c1ccnc(Cl)c1. The molecule has 0 spiro atoms. The molecule has 0 aliphatic rings. The van der Waals surface area contributed by atoms with E-state index in [1.807, 2.05) is 0 Å². The number of nitrogens with zero attached hydrogens (tertiary/aromatic N) is 1. The van der Waals surface area contributed by atoms with Gasteiger partial charge in [-0.3, -0.25) is 9.63 Å². The van der Waals surface area contributed by atoms with Crippen LogP contribution in [0.4, 0.5) is 0 Å². The van der Waals surface area contributed by atoms with E-state index in [2.05, 4.69) is 10.5 Å². The second-order valence-corrected chi connectivity index (χ2v) is 2.62. The normalized spacial score (nSPS) is 9.69. The minimum Gasteiger partial charge on any atom is -0.274 e. The molecule has 1 heterocycles. The Morgan fingerprint density at radius 1 is 1.77 bits per heavy atom. The number of hydrogen-bond donors (Lipinski definition) is 1. The van der Waals surface area contributed by atoms with Gasteiger partial charge in [0.05, 0.1) is 6.61 Å². The summed E-state index contributed by atoms with van der Waals surface area (Å²) in [6, 6.07) is 3.02. The summed E-state index contributed by atoms with van der Waals surface area (Å²) in [4.78, 5) is 19.7. The maximum atomic E-state index is 11.2. The molecular weight excluding hydrogens is 192 g/mol. The van der Waals surface area contributed by atoms with E-state index in [-0.39, 0.29) is 11.1 Å². The molecule has 13 heavy (non-hydrogen) atoms. The van der Waals surface area contributed by atoms with Gasteiger partial charge in [-0.1, -0.05) is 11.6 Å². The van der Waals surface area contributed by atoms with Crippen molar-refractivity contribution in [1.82, 2.24) is 10.5 Å². The average Bonchev–Trinajstić information content (AvgIpc) is 2.14. The van der Waals surface area contributed by atoms with Crippen LogP contribution in [-0.4, -0.2) is 17.5 Å². The van der Waals surface area contributed by atoms with Gasteiger partial charge in [0.1, 0.15) is 5.15 Å². The third-order valence-electron chi connectivity index (χ3n) is 1.30. The van der Waals surface area contributed by atoms with Crippen molar-refractivity contribution < 1.29 is 9.63 Å². The molecule has 0 atom stereocenters. The molecule has 1 aromatic heterocycles. The third-order valence-corrected chi connectivity index (χ3v) is 1.50. The lowest BCUT2D eigenvalue weighted by Gasteiger charge is -2.02. The molecule has 0 saturated carbocycles. The number of carbonyl (C=O) groups excluding carboxylic acids is 1. The fourth-order valence-corrected chi connectivity index (χ4v) is 0.914. The van der Waals surface area contributed by atoms with Gasteiger partial charge in [-0.05, 0) is 19.1 Å². The second-order valence-electron chi connectivity index (χ2n) is 2.23. The van der Waals surface area contributed by atoms with E-state index in [9.17, 15) is 4.79 Å². The van der Waals surface area contributed by atoms with E-state index < -0.39 is 0 Å². The first-order valence-corrected chi connectivity index (χ1v) is 4.15. The fourth-order valence-electron chi connectivity index (χ4n) is 0.740. The molecule has 0 aliphatic heterocycles. The Morgan fingerprint density at radius 2 is 2.54 bits per heavy atom. The number of pyridine rings is 1. The van der Waals surface area contributed by atoms with E-state index in [1.54, 1.807) is 13.0 Å². The summed E-state index contributed by atoms with van der Waals surface area (Å²) in [7, 11) is 0. The molecule has 1 rings (SSSR count). The van der Waals surface area contributed by atoms with Crippen molar-refractivity contribution in [2.75, 3.05) is 6.61 Å². The number of halogens is 1. The fraction of sp³-hybridized carbons (Fsp3) is 0.250. The first-order valence-electron chi connectivity index (χ1n) is 3.77. The van der Waals surface area contributed by atoms with E-state index >= 15 is 0 Å². The first-order chi connectivity index (χ1) is 6.24. The van der Waals surface area contributed by atoms with Crippen LogP contribution in [0.2, 0.25) is 5.15 Å². The van der Waals surface area contributed by atoms with E-state index in [1.165, 1.54) is 12.3 Å². The maximum absolute atomic E-state index is 11.2. The van der Waals surface area contributed by atoms with Crippen molar-refractivity contribution in [1.29, 1.82) is 0 Å². The number of carbonyl (C=O) groups is 1. The molecule has 1 amide bonds. The van der Waals surface area contributed by atoms with Crippen molar-refractivity contribution in [3.8, 4) is 0 Å². The number of aromatic nitrogens is 1. The lowest BCUT2D eigenvalue weighted by molar-refractivity contribution is 0.0364. The summed E-state index contributed by atoms with van der Waals surface area (Å²) in [6.07, 6.45) is 1.46. The number of hydroxylamine groups is 1. The number of hydrogen-bond acceptors (Lipinski definition) is 3. The minimum absolute atomic E-state index is 0.282. The molecule has 0 aliphatic carbocycles. The van der Waals surface area contributed by atoms with Crippen molar-refractivity contribution in [2.24, 2.45) is 0 Å². The molecular formula is C8H9ClN2O2. The standard InChI is InChI=1S/C8H9ClN2O2/c1-2-13-11-8(12)6-3-4-10-7(9)5-6/h3-5H,2H2,1H3,(H,11,12). The average molecular weight is 201 g/mol. The Morgan fingerprint density at radius 3 is 3.15 bits per heavy atom. The largest absolute Gasteiger partial charge is 0.275 e. The van der Waals surface area contributed by atoms with Gasteiger partial charge in [-0.2, -0.15) is 0 Å². The zero-order chi connectivity index (χ0) is 9.68. The van der Waals surface area contributed by atoms with Crippen molar-refractivity contribution in [3.63, 3.8) is 0 Å². The number of amides is 1. The highest BCUT2D eigenvalue weighted by Crippen LogP contribution is 2.06. The zero-order valence-corrected chi connectivity index (χ0v) is 7.84. The van der Waals surface area contributed by atoms with Crippen molar-refractivity contribution >= 4 is 17.5 Å². The molecule has 1 N–H and O–H groups in total. The Balaban J connectivity index is 2.66. The van der Waals surface area contributed by atoms with Gasteiger partial charge in [0.15, 0.2) is 0 Å². The van der Waals surface area contributed by atoms with Crippen LogP contribution >= 0.6 is 11.6 Å². The molecule has 5 heteroatoms. The molecule has 0 aromatic carbocycles. The lowest BCUT2D eigenvalue weighted by atomic mass is 10.3. The molecule has 0 saturated heterocycles. The Hall–Kier alpha value is -1.13. The lowest BCUT2D eigenvalue weighted by Crippen LogP contribution is -2.23. The van der Waals surface area contributed by atoms with Gasteiger partial charge < -0.3 is 0 Å². The highest BCUT2D eigenvalue weighted by atomic mass is 35.5. The van der Waals surface area contributed by atoms with Crippen LogP contribution in [-0.2, 0) is 4.84 Å². The van der Waals surface area contributed by atoms with E-state index in [4.69, 9.17) is 16.4 Å². The molecule has 0 fully saturated rings. The summed E-state index contributed by atoms with van der Waals surface area (Å²) in [5, 5.41) is 0.282. The summed E-state index contributed by atoms with van der Waals surface area (Å²) in [6.45, 7) is 2.20. The van der Waals surface area contributed by atoms with Gasteiger partial charge in [0.25, 0.3) is 5.91 Å².